The molecule has 4 heteroatoms. The zero-order valence-electron chi connectivity index (χ0n) is 17.4. The van der Waals surface area contributed by atoms with Gasteiger partial charge in [0.05, 0.1) is 5.71 Å². The van der Waals surface area contributed by atoms with Crippen molar-refractivity contribution >= 4 is 21.6 Å². The molecular formula is C26H27BrN2O. The van der Waals surface area contributed by atoms with Crippen molar-refractivity contribution in [2.75, 3.05) is 7.05 Å². The summed E-state index contributed by atoms with van der Waals surface area (Å²) in [5.74, 6) is 0.261. The van der Waals surface area contributed by atoms with E-state index >= 15 is 0 Å². The van der Waals surface area contributed by atoms with E-state index in [1.54, 1.807) is 0 Å². The molecule has 0 saturated carbocycles. The summed E-state index contributed by atoms with van der Waals surface area (Å²) in [6.45, 7) is 2.72. The quantitative estimate of drug-likeness (QED) is 0.390. The van der Waals surface area contributed by atoms with Crippen LogP contribution in [0.4, 0.5) is 0 Å². The van der Waals surface area contributed by atoms with Crippen molar-refractivity contribution in [2.24, 2.45) is 11.1 Å². The smallest absolute Gasteiger partial charge is 0.143 e. The molecule has 0 amide bonds. The maximum absolute atomic E-state index is 5.85. The lowest BCUT2D eigenvalue weighted by atomic mass is 9.80. The summed E-state index contributed by atoms with van der Waals surface area (Å²) >= 11 is 3.59. The van der Waals surface area contributed by atoms with Gasteiger partial charge in [-0.1, -0.05) is 107 Å². The van der Waals surface area contributed by atoms with E-state index in [2.05, 4.69) is 107 Å². The van der Waals surface area contributed by atoms with E-state index in [0.29, 0.717) is 6.61 Å². The van der Waals surface area contributed by atoms with Crippen molar-refractivity contribution in [3.05, 3.63) is 106 Å². The van der Waals surface area contributed by atoms with E-state index in [1.807, 2.05) is 18.2 Å². The fourth-order valence-corrected chi connectivity index (χ4v) is 4.78. The van der Waals surface area contributed by atoms with Crippen molar-refractivity contribution in [3.63, 3.8) is 0 Å². The number of hydrogen-bond donors (Lipinski definition) is 0. The van der Waals surface area contributed by atoms with E-state index in [0.717, 1.165) is 22.2 Å². The molecule has 1 heterocycles. The van der Waals surface area contributed by atoms with Gasteiger partial charge in [0.15, 0.2) is 0 Å². The minimum Gasteiger partial charge on any atom is -0.391 e. The van der Waals surface area contributed by atoms with Crippen LogP contribution in [0, 0.1) is 5.92 Å². The average molecular weight is 463 g/mol. The predicted molar refractivity (Wildman–Crippen MR) is 126 cm³/mol. The highest BCUT2D eigenvalue weighted by Gasteiger charge is 2.38. The molecule has 4 rings (SSSR count). The van der Waals surface area contributed by atoms with Gasteiger partial charge in [-0.3, -0.25) is 4.90 Å². The highest BCUT2D eigenvalue weighted by atomic mass is 79.9. The third kappa shape index (κ3) is 4.50. The average Bonchev–Trinajstić information content (AvgIpc) is 2.78. The molecule has 0 radical (unpaired) electrons. The molecule has 0 bridgehead atoms. The highest BCUT2D eigenvalue weighted by Crippen LogP contribution is 2.42. The van der Waals surface area contributed by atoms with Crippen LogP contribution in [0.5, 0.6) is 0 Å². The lowest BCUT2D eigenvalue weighted by molar-refractivity contribution is 0.104. The first-order valence-electron chi connectivity index (χ1n) is 10.4. The van der Waals surface area contributed by atoms with Crippen LogP contribution < -0.4 is 0 Å². The van der Waals surface area contributed by atoms with Crippen LogP contribution in [0.3, 0.4) is 0 Å². The summed E-state index contributed by atoms with van der Waals surface area (Å²) in [4.78, 5) is 8.34. The zero-order valence-corrected chi connectivity index (χ0v) is 19.0. The number of rotatable bonds is 5. The molecule has 1 aliphatic rings. The molecule has 1 saturated heterocycles. The minimum absolute atomic E-state index is 0.246. The normalized spacial score (nSPS) is 23.4. The van der Waals surface area contributed by atoms with Crippen molar-refractivity contribution in [1.29, 1.82) is 0 Å². The maximum atomic E-state index is 5.85. The van der Waals surface area contributed by atoms with Crippen LogP contribution in [0.2, 0.25) is 0 Å². The van der Waals surface area contributed by atoms with Gasteiger partial charge in [-0.2, -0.15) is 0 Å². The molecule has 3 aromatic rings. The number of piperidine rings is 1. The first-order valence-corrected chi connectivity index (χ1v) is 11.2. The Morgan fingerprint density at radius 2 is 1.50 bits per heavy atom. The molecule has 1 fully saturated rings. The maximum Gasteiger partial charge on any atom is 0.143 e. The van der Waals surface area contributed by atoms with Crippen molar-refractivity contribution in [2.45, 2.75) is 32.0 Å². The summed E-state index contributed by atoms with van der Waals surface area (Å²) in [7, 11) is 2.23. The fourth-order valence-electron chi connectivity index (χ4n) is 4.38. The van der Waals surface area contributed by atoms with Crippen molar-refractivity contribution in [1.82, 2.24) is 4.90 Å². The Morgan fingerprint density at radius 3 is 2.17 bits per heavy atom. The Labute approximate surface area is 187 Å². The van der Waals surface area contributed by atoms with Crippen LogP contribution in [0.25, 0.3) is 0 Å². The van der Waals surface area contributed by atoms with Gasteiger partial charge in [0.1, 0.15) is 6.61 Å². The zero-order chi connectivity index (χ0) is 20.9. The van der Waals surface area contributed by atoms with Crippen molar-refractivity contribution < 1.29 is 4.84 Å². The van der Waals surface area contributed by atoms with Gasteiger partial charge in [0.2, 0.25) is 0 Å². The number of benzene rings is 3. The molecule has 0 aliphatic carbocycles. The standard InChI is InChI=1S/C26H27BrN2O/c1-19-24(28-30-18-22-15-9-10-16-23(22)27)17-25(20-11-5-3-6-12-20)29(2)26(19)21-13-7-4-8-14-21/h3-16,19,25-26H,17-18H2,1-2H3/b28-24+. The van der Waals surface area contributed by atoms with Crippen LogP contribution in [-0.2, 0) is 11.4 Å². The summed E-state index contributed by atoms with van der Waals surface area (Å²) in [6.07, 6.45) is 0.862. The van der Waals surface area contributed by atoms with Crippen LogP contribution in [0.15, 0.2) is 94.6 Å². The summed E-state index contributed by atoms with van der Waals surface area (Å²) in [5, 5.41) is 4.66. The first-order chi connectivity index (χ1) is 14.6. The van der Waals surface area contributed by atoms with Crippen molar-refractivity contribution in [3.8, 4) is 0 Å². The van der Waals surface area contributed by atoms with Gasteiger partial charge < -0.3 is 4.84 Å². The Kier molecular flexibility index (Phi) is 6.66. The van der Waals surface area contributed by atoms with E-state index in [4.69, 9.17) is 4.84 Å². The lowest BCUT2D eigenvalue weighted by Crippen LogP contribution is -2.42. The number of halogens is 1. The number of hydrogen-bond acceptors (Lipinski definition) is 3. The van der Waals surface area contributed by atoms with E-state index < -0.39 is 0 Å². The van der Waals surface area contributed by atoms with E-state index in [-0.39, 0.29) is 18.0 Å². The number of nitrogens with zero attached hydrogens (tertiary/aromatic N) is 2. The van der Waals surface area contributed by atoms with Gasteiger partial charge in [-0.25, -0.2) is 0 Å². The van der Waals surface area contributed by atoms with E-state index in [1.165, 1.54) is 11.1 Å². The SMILES string of the molecule is CC1/C(=N/OCc2ccccc2Br)CC(c2ccccc2)N(C)C1c1ccccc1. The van der Waals surface area contributed by atoms with Gasteiger partial charge in [-0.15, -0.1) is 0 Å². The lowest BCUT2D eigenvalue weighted by Gasteiger charge is -2.44. The minimum atomic E-state index is 0.246. The number of oxime groups is 1. The summed E-state index contributed by atoms with van der Waals surface area (Å²) in [5.41, 5.74) is 4.84. The second-order valence-electron chi connectivity index (χ2n) is 7.89. The molecule has 0 N–H and O–H groups in total. The third-order valence-electron chi connectivity index (χ3n) is 6.02. The van der Waals surface area contributed by atoms with Crippen LogP contribution >= 0.6 is 15.9 Å². The Bertz CT molecular complexity index is 990. The molecule has 1 aliphatic heterocycles. The summed E-state index contributed by atoms with van der Waals surface area (Å²) < 4.78 is 1.05. The van der Waals surface area contributed by atoms with Gasteiger partial charge in [0, 0.05) is 34.5 Å². The van der Waals surface area contributed by atoms with Crippen LogP contribution in [0.1, 0.15) is 42.1 Å². The molecular weight excluding hydrogens is 436 g/mol. The second kappa shape index (κ2) is 9.59. The second-order valence-corrected chi connectivity index (χ2v) is 8.74. The molecule has 0 aromatic heterocycles. The molecule has 3 nitrogen and oxygen atoms in total. The Balaban J connectivity index is 1.62. The molecule has 154 valence electrons. The summed E-state index contributed by atoms with van der Waals surface area (Å²) in [6, 6.07) is 30.0. The van der Waals surface area contributed by atoms with Gasteiger partial charge in [-0.05, 0) is 24.2 Å². The first kappa shape index (κ1) is 20.8. The molecule has 3 unspecified atom stereocenters. The largest absolute Gasteiger partial charge is 0.391 e. The highest BCUT2D eigenvalue weighted by molar-refractivity contribution is 9.10. The molecule has 3 atom stereocenters. The van der Waals surface area contributed by atoms with Gasteiger partial charge in [0.25, 0.3) is 0 Å². The Hall–Kier alpha value is -2.43. The molecule has 0 spiro atoms. The third-order valence-corrected chi connectivity index (χ3v) is 6.79. The topological polar surface area (TPSA) is 24.8 Å². The van der Waals surface area contributed by atoms with Crippen LogP contribution in [-0.4, -0.2) is 17.7 Å². The molecule has 3 aromatic carbocycles. The monoisotopic (exact) mass is 462 g/mol. The van der Waals surface area contributed by atoms with E-state index in [9.17, 15) is 0 Å². The Morgan fingerprint density at radius 1 is 0.900 bits per heavy atom. The fraction of sp³-hybridized carbons (Fsp3) is 0.269. The van der Waals surface area contributed by atoms with Gasteiger partial charge >= 0.3 is 0 Å². The number of likely N-dealkylation sites (tertiary alicyclic amines) is 1. The predicted octanol–water partition coefficient (Wildman–Crippen LogP) is 6.78. The molecule has 30 heavy (non-hydrogen) atoms.